The lowest BCUT2D eigenvalue weighted by molar-refractivity contribution is 0.342. The fraction of sp³-hybridized carbons (Fsp3) is 0.200. The van der Waals surface area contributed by atoms with Crippen molar-refractivity contribution in [3.8, 4) is 5.75 Å². The Kier molecular flexibility index (Phi) is 4.23. The van der Waals surface area contributed by atoms with Crippen molar-refractivity contribution in [3.63, 3.8) is 0 Å². The van der Waals surface area contributed by atoms with Crippen LogP contribution in [0.4, 0.5) is 15.8 Å². The highest BCUT2D eigenvalue weighted by Gasteiger charge is 2.06. The first-order valence-corrected chi connectivity index (χ1v) is 6.21. The number of rotatable bonds is 5. The number of nitrogen functional groups attached to an aromatic ring is 1. The van der Waals surface area contributed by atoms with Gasteiger partial charge in [-0.2, -0.15) is 0 Å². The largest absolute Gasteiger partial charge is 0.492 e. The second kappa shape index (κ2) is 6.09. The number of nitrogens with two attached hydrogens (primary N) is 1. The summed E-state index contributed by atoms with van der Waals surface area (Å²) < 4.78 is 18.9. The lowest BCUT2D eigenvalue weighted by Gasteiger charge is -2.13. The van der Waals surface area contributed by atoms with Crippen molar-refractivity contribution in [2.75, 3.05) is 17.7 Å². The molecule has 3 N–H and O–H groups in total. The minimum absolute atomic E-state index is 0.227. The first kappa shape index (κ1) is 13.2. The summed E-state index contributed by atoms with van der Waals surface area (Å²) in [7, 11) is 0. The van der Waals surface area contributed by atoms with Gasteiger partial charge >= 0.3 is 0 Å². The molecule has 4 heteroatoms. The van der Waals surface area contributed by atoms with Gasteiger partial charge in [0, 0.05) is 12.1 Å². The molecule has 0 atom stereocenters. The first-order valence-electron chi connectivity index (χ1n) is 6.21. The van der Waals surface area contributed by atoms with Crippen LogP contribution in [-0.4, -0.2) is 6.61 Å². The van der Waals surface area contributed by atoms with Crippen LogP contribution >= 0.6 is 0 Å². The molecule has 0 aliphatic rings. The predicted octanol–water partition coefficient (Wildman–Crippen LogP) is 3.42. The van der Waals surface area contributed by atoms with E-state index in [4.69, 9.17) is 10.5 Å². The number of ether oxygens (including phenoxy) is 1. The van der Waals surface area contributed by atoms with Gasteiger partial charge in [0.1, 0.15) is 11.6 Å². The highest BCUT2D eigenvalue weighted by atomic mass is 19.1. The molecule has 0 fully saturated rings. The summed E-state index contributed by atoms with van der Waals surface area (Å²) in [6.45, 7) is 2.84. The van der Waals surface area contributed by atoms with Gasteiger partial charge in [-0.05, 0) is 25.1 Å². The van der Waals surface area contributed by atoms with Crippen LogP contribution in [-0.2, 0) is 6.54 Å². The lowest BCUT2D eigenvalue weighted by Crippen LogP contribution is -2.05. The van der Waals surface area contributed by atoms with E-state index >= 15 is 0 Å². The highest BCUT2D eigenvalue weighted by molar-refractivity contribution is 5.72. The van der Waals surface area contributed by atoms with Crippen LogP contribution in [0.2, 0.25) is 0 Å². The second-order valence-corrected chi connectivity index (χ2v) is 4.10. The molecule has 0 bridgehead atoms. The normalized spacial score (nSPS) is 10.2. The third-order valence-corrected chi connectivity index (χ3v) is 2.79. The molecule has 3 nitrogen and oxygen atoms in total. The minimum Gasteiger partial charge on any atom is -0.492 e. The standard InChI is InChI=1S/C15H17FN2O/c1-2-19-14-9-5-8-13(15(14)17)18-10-11-6-3-4-7-12(11)16/h3-9,18H,2,10,17H2,1H3. The summed E-state index contributed by atoms with van der Waals surface area (Å²) in [6.07, 6.45) is 0. The summed E-state index contributed by atoms with van der Waals surface area (Å²) in [5, 5.41) is 3.12. The van der Waals surface area contributed by atoms with Crippen molar-refractivity contribution < 1.29 is 9.13 Å². The molecule has 0 aromatic heterocycles. The minimum atomic E-state index is -0.227. The fourth-order valence-electron chi connectivity index (χ4n) is 1.81. The van der Waals surface area contributed by atoms with E-state index in [-0.39, 0.29) is 5.82 Å². The molecule has 0 saturated heterocycles. The van der Waals surface area contributed by atoms with Crippen LogP contribution in [0, 0.1) is 5.82 Å². The summed E-state index contributed by atoms with van der Waals surface area (Å²) in [5.41, 5.74) is 7.88. The Balaban J connectivity index is 2.12. The molecule has 0 unspecified atom stereocenters. The molecule has 0 saturated carbocycles. The van der Waals surface area contributed by atoms with E-state index in [9.17, 15) is 4.39 Å². The van der Waals surface area contributed by atoms with Crippen LogP contribution < -0.4 is 15.8 Å². The molecule has 2 aromatic rings. The second-order valence-electron chi connectivity index (χ2n) is 4.10. The van der Waals surface area contributed by atoms with Crippen LogP contribution in [0.3, 0.4) is 0 Å². The molecule has 0 aliphatic carbocycles. The van der Waals surface area contributed by atoms with Gasteiger partial charge in [0.15, 0.2) is 0 Å². The van der Waals surface area contributed by atoms with Crippen LogP contribution in [0.15, 0.2) is 42.5 Å². The van der Waals surface area contributed by atoms with Crippen molar-refractivity contribution in [3.05, 3.63) is 53.8 Å². The Morgan fingerprint density at radius 2 is 1.95 bits per heavy atom. The Morgan fingerprint density at radius 1 is 1.16 bits per heavy atom. The predicted molar refractivity (Wildman–Crippen MR) is 75.8 cm³/mol. The number of hydrogen-bond donors (Lipinski definition) is 2. The summed E-state index contributed by atoms with van der Waals surface area (Å²) in [4.78, 5) is 0. The monoisotopic (exact) mass is 260 g/mol. The zero-order valence-electron chi connectivity index (χ0n) is 10.8. The molecule has 0 radical (unpaired) electrons. The van der Waals surface area contributed by atoms with Crippen molar-refractivity contribution in [2.24, 2.45) is 0 Å². The number of nitrogens with one attached hydrogen (secondary N) is 1. The molecule has 100 valence electrons. The number of hydrogen-bond acceptors (Lipinski definition) is 3. The van der Waals surface area contributed by atoms with Gasteiger partial charge in [-0.3, -0.25) is 0 Å². The molecule has 0 amide bonds. The Hall–Kier alpha value is -2.23. The molecule has 19 heavy (non-hydrogen) atoms. The molecule has 2 aromatic carbocycles. The summed E-state index contributed by atoms with van der Waals surface area (Å²) in [6, 6.07) is 12.2. The summed E-state index contributed by atoms with van der Waals surface area (Å²) >= 11 is 0. The molecular formula is C15H17FN2O. The average Bonchev–Trinajstić information content (AvgIpc) is 2.42. The fourth-order valence-corrected chi connectivity index (χ4v) is 1.81. The quantitative estimate of drug-likeness (QED) is 0.810. The van der Waals surface area contributed by atoms with E-state index in [1.165, 1.54) is 6.07 Å². The van der Waals surface area contributed by atoms with Gasteiger partial charge in [0.05, 0.1) is 18.0 Å². The van der Waals surface area contributed by atoms with E-state index < -0.39 is 0 Å². The lowest BCUT2D eigenvalue weighted by atomic mass is 10.2. The molecule has 0 spiro atoms. The zero-order chi connectivity index (χ0) is 13.7. The number of halogens is 1. The van der Waals surface area contributed by atoms with Crippen LogP contribution in [0.25, 0.3) is 0 Å². The van der Waals surface area contributed by atoms with Gasteiger partial charge < -0.3 is 15.8 Å². The Labute approximate surface area is 112 Å². The molecule has 0 aliphatic heterocycles. The zero-order valence-corrected chi connectivity index (χ0v) is 10.8. The van der Waals surface area contributed by atoms with Crippen LogP contribution in [0.5, 0.6) is 5.75 Å². The number of anilines is 2. The number of benzene rings is 2. The van der Waals surface area contributed by atoms with Crippen molar-refractivity contribution in [2.45, 2.75) is 13.5 Å². The molecule has 2 rings (SSSR count). The van der Waals surface area contributed by atoms with Gasteiger partial charge in [-0.25, -0.2) is 4.39 Å². The van der Waals surface area contributed by atoms with Crippen LogP contribution in [0.1, 0.15) is 12.5 Å². The first-order chi connectivity index (χ1) is 9.22. The van der Waals surface area contributed by atoms with Gasteiger partial charge in [-0.15, -0.1) is 0 Å². The smallest absolute Gasteiger partial charge is 0.144 e. The molecular weight excluding hydrogens is 243 g/mol. The average molecular weight is 260 g/mol. The number of para-hydroxylation sites is 1. The van der Waals surface area contributed by atoms with E-state index in [2.05, 4.69) is 5.32 Å². The Morgan fingerprint density at radius 3 is 2.68 bits per heavy atom. The van der Waals surface area contributed by atoms with E-state index in [1.54, 1.807) is 18.2 Å². The van der Waals surface area contributed by atoms with Crippen molar-refractivity contribution in [1.29, 1.82) is 0 Å². The van der Waals surface area contributed by atoms with Gasteiger partial charge in [0.2, 0.25) is 0 Å². The van der Waals surface area contributed by atoms with Crippen molar-refractivity contribution in [1.82, 2.24) is 0 Å². The SMILES string of the molecule is CCOc1cccc(NCc2ccccc2F)c1N. The topological polar surface area (TPSA) is 47.3 Å². The van der Waals surface area contributed by atoms with Gasteiger partial charge in [0.25, 0.3) is 0 Å². The third kappa shape index (κ3) is 3.16. The highest BCUT2D eigenvalue weighted by Crippen LogP contribution is 2.29. The Bertz CT molecular complexity index is 558. The molecule has 0 heterocycles. The third-order valence-electron chi connectivity index (χ3n) is 2.79. The maximum atomic E-state index is 13.5. The van der Waals surface area contributed by atoms with Crippen molar-refractivity contribution >= 4 is 11.4 Å². The van der Waals surface area contributed by atoms with E-state index in [0.717, 1.165) is 5.69 Å². The van der Waals surface area contributed by atoms with E-state index in [1.807, 2.05) is 25.1 Å². The van der Waals surface area contributed by atoms with E-state index in [0.29, 0.717) is 30.2 Å². The van der Waals surface area contributed by atoms with Gasteiger partial charge in [-0.1, -0.05) is 24.3 Å². The maximum Gasteiger partial charge on any atom is 0.144 e. The summed E-state index contributed by atoms with van der Waals surface area (Å²) in [5.74, 6) is 0.413. The maximum absolute atomic E-state index is 13.5.